The molecule has 0 aliphatic heterocycles. The Kier molecular flexibility index (Phi) is 3.11. The van der Waals surface area contributed by atoms with Gasteiger partial charge < -0.3 is 5.32 Å². The average Bonchev–Trinajstić information content (AvgIpc) is 3.23. The van der Waals surface area contributed by atoms with Crippen LogP contribution in [0.15, 0.2) is 48.5 Å². The van der Waals surface area contributed by atoms with Gasteiger partial charge in [0.15, 0.2) is 0 Å². The molecule has 0 unspecified atom stereocenters. The molecule has 1 fully saturated rings. The Balaban J connectivity index is 1.84. The second-order valence-electron chi connectivity index (χ2n) is 4.83. The van der Waals surface area contributed by atoms with Gasteiger partial charge in [0.1, 0.15) is 5.82 Å². The summed E-state index contributed by atoms with van der Waals surface area (Å²) in [6.07, 6.45) is 2.44. The molecule has 1 nitrogen and oxygen atoms in total. The van der Waals surface area contributed by atoms with E-state index >= 15 is 0 Å². The highest BCUT2D eigenvalue weighted by atomic mass is 19.1. The molecular weight excluding hydrogens is 225 g/mol. The summed E-state index contributed by atoms with van der Waals surface area (Å²) in [4.78, 5) is 0. The summed E-state index contributed by atoms with van der Waals surface area (Å²) in [5, 5.41) is 3.35. The smallest absolute Gasteiger partial charge is 0.127 e. The summed E-state index contributed by atoms with van der Waals surface area (Å²) >= 11 is 0. The molecule has 18 heavy (non-hydrogen) atoms. The number of rotatable bonds is 4. The first kappa shape index (κ1) is 11.4. The van der Waals surface area contributed by atoms with Crippen molar-refractivity contribution in [2.45, 2.75) is 25.4 Å². The van der Waals surface area contributed by atoms with Crippen molar-refractivity contribution in [3.8, 4) is 11.1 Å². The zero-order chi connectivity index (χ0) is 12.4. The van der Waals surface area contributed by atoms with Crippen LogP contribution in [0, 0.1) is 5.82 Å². The largest absolute Gasteiger partial charge is 0.310 e. The van der Waals surface area contributed by atoms with Crippen LogP contribution < -0.4 is 5.32 Å². The minimum atomic E-state index is -0.122. The van der Waals surface area contributed by atoms with Gasteiger partial charge in [-0.25, -0.2) is 4.39 Å². The van der Waals surface area contributed by atoms with E-state index in [0.29, 0.717) is 12.6 Å². The maximum atomic E-state index is 13.7. The van der Waals surface area contributed by atoms with Gasteiger partial charge in [-0.15, -0.1) is 0 Å². The first-order valence-corrected chi connectivity index (χ1v) is 6.40. The zero-order valence-electron chi connectivity index (χ0n) is 10.2. The Labute approximate surface area is 107 Å². The third-order valence-corrected chi connectivity index (χ3v) is 3.31. The first-order valence-electron chi connectivity index (χ1n) is 6.40. The van der Waals surface area contributed by atoms with E-state index in [9.17, 15) is 4.39 Å². The molecule has 0 aromatic heterocycles. The van der Waals surface area contributed by atoms with Crippen LogP contribution in [0.1, 0.15) is 18.4 Å². The molecule has 1 saturated carbocycles. The highest BCUT2D eigenvalue weighted by Crippen LogP contribution is 2.23. The van der Waals surface area contributed by atoms with Crippen molar-refractivity contribution in [1.82, 2.24) is 5.32 Å². The van der Waals surface area contributed by atoms with Crippen LogP contribution in [0.5, 0.6) is 0 Å². The van der Waals surface area contributed by atoms with Crippen molar-refractivity contribution in [2.75, 3.05) is 0 Å². The van der Waals surface area contributed by atoms with Gasteiger partial charge in [-0.3, -0.25) is 0 Å². The summed E-state index contributed by atoms with van der Waals surface area (Å²) in [6.45, 7) is 0.622. The second-order valence-corrected chi connectivity index (χ2v) is 4.83. The van der Waals surface area contributed by atoms with E-state index in [4.69, 9.17) is 0 Å². The molecule has 0 atom stereocenters. The fourth-order valence-electron chi connectivity index (χ4n) is 2.06. The molecule has 2 aromatic rings. The number of nitrogens with one attached hydrogen (secondary N) is 1. The van der Waals surface area contributed by atoms with Gasteiger partial charge in [0.2, 0.25) is 0 Å². The lowest BCUT2D eigenvalue weighted by atomic mass is 10.0. The standard InChI is InChI=1S/C16H16FN/c17-16-9-6-13(12-4-2-1-3-5-12)10-14(16)11-18-15-7-8-15/h1-6,9-10,15,18H,7-8,11H2. The predicted octanol–water partition coefficient (Wildman–Crippen LogP) is 3.74. The van der Waals surface area contributed by atoms with Crippen LogP contribution >= 0.6 is 0 Å². The molecule has 3 rings (SSSR count). The quantitative estimate of drug-likeness (QED) is 0.859. The molecule has 0 bridgehead atoms. The fraction of sp³-hybridized carbons (Fsp3) is 0.250. The Morgan fingerprint density at radius 1 is 1.00 bits per heavy atom. The van der Waals surface area contributed by atoms with Crippen molar-refractivity contribution in [3.63, 3.8) is 0 Å². The third kappa shape index (κ3) is 2.59. The molecule has 2 heteroatoms. The van der Waals surface area contributed by atoms with Gasteiger partial charge in [0.05, 0.1) is 0 Å². The number of halogens is 1. The normalized spacial score (nSPS) is 14.7. The molecule has 1 aliphatic carbocycles. The zero-order valence-corrected chi connectivity index (χ0v) is 10.2. The Hall–Kier alpha value is -1.67. The molecule has 1 N–H and O–H groups in total. The SMILES string of the molecule is Fc1ccc(-c2ccccc2)cc1CNC1CC1. The van der Waals surface area contributed by atoms with Gasteiger partial charge >= 0.3 is 0 Å². The Bertz CT molecular complexity index is 532. The summed E-state index contributed by atoms with van der Waals surface area (Å²) < 4.78 is 13.7. The Morgan fingerprint density at radius 2 is 1.78 bits per heavy atom. The van der Waals surface area contributed by atoms with Gasteiger partial charge in [0.25, 0.3) is 0 Å². The maximum Gasteiger partial charge on any atom is 0.127 e. The first-order chi connectivity index (χ1) is 8.83. The molecule has 0 saturated heterocycles. The third-order valence-electron chi connectivity index (χ3n) is 3.31. The van der Waals surface area contributed by atoms with Gasteiger partial charge in [-0.2, -0.15) is 0 Å². The van der Waals surface area contributed by atoms with Crippen LogP contribution in [-0.2, 0) is 6.54 Å². The molecule has 1 aliphatic rings. The summed E-state index contributed by atoms with van der Waals surface area (Å²) in [5.41, 5.74) is 2.96. The van der Waals surface area contributed by atoms with Crippen molar-refractivity contribution >= 4 is 0 Å². The molecule has 92 valence electrons. The predicted molar refractivity (Wildman–Crippen MR) is 71.7 cm³/mol. The highest BCUT2D eigenvalue weighted by Gasteiger charge is 2.20. The molecule has 0 amide bonds. The maximum absolute atomic E-state index is 13.7. The van der Waals surface area contributed by atoms with Gasteiger partial charge in [-0.05, 0) is 36.1 Å². The van der Waals surface area contributed by atoms with Crippen molar-refractivity contribution in [1.29, 1.82) is 0 Å². The lowest BCUT2D eigenvalue weighted by molar-refractivity contribution is 0.587. The molecule has 0 heterocycles. The highest BCUT2D eigenvalue weighted by molar-refractivity contribution is 5.64. The molecular formula is C16H16FN. The lowest BCUT2D eigenvalue weighted by Crippen LogP contribution is -2.16. The fourth-order valence-corrected chi connectivity index (χ4v) is 2.06. The van der Waals surface area contributed by atoms with E-state index < -0.39 is 0 Å². The minimum absolute atomic E-state index is 0.122. The minimum Gasteiger partial charge on any atom is -0.310 e. The summed E-state index contributed by atoms with van der Waals surface area (Å²) in [6, 6.07) is 16.0. The van der Waals surface area contributed by atoms with Crippen molar-refractivity contribution in [3.05, 3.63) is 59.9 Å². The van der Waals surface area contributed by atoms with Crippen LogP contribution in [0.25, 0.3) is 11.1 Å². The van der Waals surface area contributed by atoms with E-state index in [0.717, 1.165) is 16.7 Å². The van der Waals surface area contributed by atoms with Crippen molar-refractivity contribution < 1.29 is 4.39 Å². The second kappa shape index (κ2) is 4.91. The summed E-state index contributed by atoms with van der Waals surface area (Å²) in [5.74, 6) is -0.122. The van der Waals surface area contributed by atoms with E-state index in [2.05, 4.69) is 5.32 Å². The topological polar surface area (TPSA) is 12.0 Å². The monoisotopic (exact) mass is 241 g/mol. The van der Waals surface area contributed by atoms with Crippen LogP contribution in [-0.4, -0.2) is 6.04 Å². The Morgan fingerprint density at radius 3 is 2.50 bits per heavy atom. The number of hydrogen-bond acceptors (Lipinski definition) is 1. The molecule has 0 spiro atoms. The van der Waals surface area contributed by atoms with Crippen LogP contribution in [0.3, 0.4) is 0 Å². The van der Waals surface area contributed by atoms with Crippen LogP contribution in [0.2, 0.25) is 0 Å². The number of hydrogen-bond donors (Lipinski definition) is 1. The molecule has 2 aromatic carbocycles. The van der Waals surface area contributed by atoms with Gasteiger partial charge in [0, 0.05) is 18.2 Å². The average molecular weight is 241 g/mol. The summed E-state index contributed by atoms with van der Waals surface area (Å²) in [7, 11) is 0. The molecule has 0 radical (unpaired) electrons. The van der Waals surface area contributed by atoms with E-state index in [1.165, 1.54) is 12.8 Å². The van der Waals surface area contributed by atoms with E-state index in [1.54, 1.807) is 6.07 Å². The van der Waals surface area contributed by atoms with Crippen LogP contribution in [0.4, 0.5) is 4.39 Å². The number of benzene rings is 2. The lowest BCUT2D eigenvalue weighted by Gasteiger charge is -2.08. The van der Waals surface area contributed by atoms with E-state index in [-0.39, 0.29) is 5.82 Å². The van der Waals surface area contributed by atoms with E-state index in [1.807, 2.05) is 42.5 Å². The van der Waals surface area contributed by atoms with Gasteiger partial charge in [-0.1, -0.05) is 36.4 Å². The van der Waals surface area contributed by atoms with Crippen molar-refractivity contribution in [2.24, 2.45) is 0 Å².